The van der Waals surface area contributed by atoms with Gasteiger partial charge in [0, 0.05) is 34.6 Å². The molecule has 11 heteroatoms. The van der Waals surface area contributed by atoms with Gasteiger partial charge in [-0.25, -0.2) is 0 Å². The van der Waals surface area contributed by atoms with E-state index in [0.717, 1.165) is 10.9 Å². The van der Waals surface area contributed by atoms with Gasteiger partial charge in [0.1, 0.15) is 34.3 Å². The summed E-state index contributed by atoms with van der Waals surface area (Å²) in [6.45, 7) is 3.78. The molecule has 215 valence electrons. The molecule has 5 aromatic rings. The Morgan fingerprint density at radius 2 is 1.19 bits per heavy atom. The number of nitrogens with zero attached hydrogens (tertiary/aromatic N) is 6. The van der Waals surface area contributed by atoms with Crippen molar-refractivity contribution >= 4 is 44.9 Å². The molecular formula is C31H26CuN6O4. The normalized spacial score (nSPS) is 11.5. The van der Waals surface area contributed by atoms with Crippen LogP contribution in [-0.2, 0) is 17.1 Å². The van der Waals surface area contributed by atoms with Gasteiger partial charge in [0.2, 0.25) is 0 Å². The van der Waals surface area contributed by atoms with Crippen LogP contribution in [0.25, 0.3) is 10.8 Å². The van der Waals surface area contributed by atoms with Crippen LogP contribution in [0.5, 0.6) is 23.0 Å². The molecule has 0 heterocycles. The Morgan fingerprint density at radius 3 is 1.88 bits per heavy atom. The summed E-state index contributed by atoms with van der Waals surface area (Å²) in [6, 6.07) is 23.9. The van der Waals surface area contributed by atoms with Gasteiger partial charge in [-0.15, -0.1) is 15.3 Å². The van der Waals surface area contributed by atoms with E-state index in [1.54, 1.807) is 37.3 Å². The van der Waals surface area contributed by atoms with Crippen molar-refractivity contribution in [1.82, 2.24) is 0 Å². The first kappa shape index (κ1) is 29.9. The number of phenolic OH excluding ortho intramolecular Hbond substituents is 3. The van der Waals surface area contributed by atoms with Crippen LogP contribution in [-0.4, -0.2) is 22.4 Å². The van der Waals surface area contributed by atoms with Crippen LogP contribution >= 0.6 is 0 Å². The van der Waals surface area contributed by atoms with Gasteiger partial charge in [0.05, 0.1) is 24.2 Å². The summed E-state index contributed by atoms with van der Waals surface area (Å²) in [4.78, 5) is 0. The summed E-state index contributed by atoms with van der Waals surface area (Å²) in [5.41, 5.74) is 4.36. The van der Waals surface area contributed by atoms with Crippen molar-refractivity contribution in [3.63, 3.8) is 0 Å². The van der Waals surface area contributed by atoms with Crippen molar-refractivity contribution in [2.75, 3.05) is 7.11 Å². The molecule has 0 saturated heterocycles. The minimum absolute atomic E-state index is 0. The fourth-order valence-electron chi connectivity index (χ4n) is 4.02. The monoisotopic (exact) mass is 609 g/mol. The fourth-order valence-corrected chi connectivity index (χ4v) is 4.02. The summed E-state index contributed by atoms with van der Waals surface area (Å²) in [5.74, 6) is 0.274. The maximum atomic E-state index is 11.0. The molecule has 5 aromatic carbocycles. The van der Waals surface area contributed by atoms with E-state index >= 15 is 0 Å². The first-order valence-electron chi connectivity index (χ1n) is 12.6. The molecule has 0 spiro atoms. The van der Waals surface area contributed by atoms with Crippen LogP contribution in [0.4, 0.5) is 34.1 Å². The zero-order valence-electron chi connectivity index (χ0n) is 22.8. The third-order valence-corrected chi connectivity index (χ3v) is 6.23. The van der Waals surface area contributed by atoms with E-state index in [2.05, 4.69) is 30.7 Å². The molecule has 0 saturated carbocycles. The van der Waals surface area contributed by atoms with Gasteiger partial charge in [-0.1, -0.05) is 17.7 Å². The Morgan fingerprint density at radius 1 is 0.595 bits per heavy atom. The van der Waals surface area contributed by atoms with Crippen LogP contribution in [0.3, 0.4) is 0 Å². The van der Waals surface area contributed by atoms with Crippen LogP contribution < -0.4 is 4.74 Å². The van der Waals surface area contributed by atoms with Crippen molar-refractivity contribution in [3.05, 3.63) is 96.1 Å². The molecule has 0 bridgehead atoms. The van der Waals surface area contributed by atoms with Crippen molar-refractivity contribution in [2.24, 2.45) is 30.7 Å². The third-order valence-electron chi connectivity index (χ3n) is 6.23. The predicted octanol–water partition coefficient (Wildman–Crippen LogP) is 9.83. The van der Waals surface area contributed by atoms with E-state index in [0.29, 0.717) is 39.4 Å². The zero-order valence-corrected chi connectivity index (χ0v) is 23.8. The average molecular weight is 610 g/mol. The van der Waals surface area contributed by atoms with E-state index in [9.17, 15) is 15.3 Å². The fraction of sp³-hybridized carbons (Fsp3) is 0.0968. The minimum Gasteiger partial charge on any atom is -0.508 e. The van der Waals surface area contributed by atoms with Crippen molar-refractivity contribution in [2.45, 2.75) is 13.8 Å². The largest absolute Gasteiger partial charge is 0.508 e. The first-order valence-corrected chi connectivity index (χ1v) is 12.6. The van der Waals surface area contributed by atoms with E-state index < -0.39 is 0 Å². The number of rotatable bonds is 7. The van der Waals surface area contributed by atoms with Gasteiger partial charge < -0.3 is 20.1 Å². The van der Waals surface area contributed by atoms with Gasteiger partial charge in [-0.2, -0.15) is 15.3 Å². The molecular weight excluding hydrogens is 584 g/mol. The molecule has 0 unspecified atom stereocenters. The van der Waals surface area contributed by atoms with E-state index in [1.807, 2.05) is 37.3 Å². The van der Waals surface area contributed by atoms with Gasteiger partial charge in [-0.3, -0.25) is 0 Å². The van der Waals surface area contributed by atoms with Crippen LogP contribution in [0.15, 0.2) is 116 Å². The molecule has 0 fully saturated rings. The Bertz CT molecular complexity index is 1820. The first-order chi connectivity index (χ1) is 19.8. The second-order valence-corrected chi connectivity index (χ2v) is 9.26. The molecule has 10 nitrogen and oxygen atoms in total. The second kappa shape index (κ2) is 13.0. The van der Waals surface area contributed by atoms with E-state index in [-0.39, 0.29) is 45.7 Å². The maximum absolute atomic E-state index is 11.0. The summed E-state index contributed by atoms with van der Waals surface area (Å²) in [7, 11) is 1.48. The molecule has 0 aliphatic carbocycles. The van der Waals surface area contributed by atoms with Gasteiger partial charge in [0.25, 0.3) is 0 Å². The van der Waals surface area contributed by atoms with Gasteiger partial charge >= 0.3 is 0 Å². The predicted molar refractivity (Wildman–Crippen MR) is 157 cm³/mol. The Balaban J connectivity index is 0.00000405. The quantitative estimate of drug-likeness (QED) is 0.124. The maximum Gasteiger partial charge on any atom is 0.151 e. The topological polar surface area (TPSA) is 144 Å². The van der Waals surface area contributed by atoms with Crippen LogP contribution in [0.2, 0.25) is 0 Å². The third kappa shape index (κ3) is 6.77. The average Bonchev–Trinajstić information content (AvgIpc) is 2.97. The van der Waals surface area contributed by atoms with Crippen molar-refractivity contribution < 1.29 is 37.1 Å². The van der Waals surface area contributed by atoms with Crippen molar-refractivity contribution in [1.29, 1.82) is 0 Å². The molecule has 0 atom stereocenters. The Kier molecular flexibility index (Phi) is 9.26. The standard InChI is InChI=1S/C31H26N6O4.Cu/c1-18-4-6-21(7-5-18)33-36-27-16-28(39)26(17-29(27)41-3)35-37-30-19(2)14-20-15-23(10-13-25(20)31(30)40)34-32-22-8-11-24(38)12-9-22;/h4-17,38-40H,1-3H3;. The molecule has 5 rings (SSSR count). The van der Waals surface area contributed by atoms with Crippen molar-refractivity contribution in [3.8, 4) is 23.0 Å². The number of aryl methyl sites for hydroxylation is 2. The second-order valence-electron chi connectivity index (χ2n) is 9.26. The minimum atomic E-state index is -0.172. The number of ether oxygens (including phenoxy) is 1. The van der Waals surface area contributed by atoms with Gasteiger partial charge in [0.15, 0.2) is 5.75 Å². The molecule has 1 radical (unpaired) electrons. The number of phenols is 3. The summed E-state index contributed by atoms with van der Waals surface area (Å²) in [6.07, 6.45) is 0. The smallest absolute Gasteiger partial charge is 0.151 e. The van der Waals surface area contributed by atoms with Crippen LogP contribution in [0, 0.1) is 13.8 Å². The Labute approximate surface area is 252 Å². The SMILES string of the molecule is COc1cc(N=Nc2c(C)cc3cc(N=Nc4ccc(O)cc4)ccc3c2O)c(O)cc1N=Nc1ccc(C)cc1.[Cu]. The number of fused-ring (bicyclic) bond motifs is 1. The van der Waals surface area contributed by atoms with E-state index in [1.165, 1.54) is 31.4 Å². The summed E-state index contributed by atoms with van der Waals surface area (Å²) >= 11 is 0. The number of hydrogen-bond acceptors (Lipinski definition) is 10. The molecule has 3 N–H and O–H groups in total. The molecule has 0 aliphatic rings. The van der Waals surface area contributed by atoms with Gasteiger partial charge in [-0.05, 0) is 85.5 Å². The molecule has 0 aromatic heterocycles. The molecule has 0 aliphatic heterocycles. The van der Waals surface area contributed by atoms with E-state index in [4.69, 9.17) is 4.74 Å². The van der Waals surface area contributed by atoms with Crippen LogP contribution in [0.1, 0.15) is 11.1 Å². The zero-order chi connectivity index (χ0) is 28.9. The number of hydrogen-bond donors (Lipinski definition) is 3. The summed E-state index contributed by atoms with van der Waals surface area (Å²) < 4.78 is 5.43. The summed E-state index contributed by atoms with van der Waals surface area (Å²) in [5, 5.41) is 57.6. The number of aromatic hydroxyl groups is 3. The number of benzene rings is 5. The number of azo groups is 3. The number of methoxy groups -OCH3 is 1. The Hall–Kier alpha value is -5.12. The molecule has 0 amide bonds. The molecule has 42 heavy (non-hydrogen) atoms.